The van der Waals surface area contributed by atoms with Crippen molar-refractivity contribution < 1.29 is 14.1 Å². The first-order chi connectivity index (χ1) is 17.6. The van der Waals surface area contributed by atoms with Gasteiger partial charge in [0.25, 0.3) is 0 Å². The molecule has 3 aromatic rings. The van der Waals surface area contributed by atoms with E-state index in [2.05, 4.69) is 31.4 Å². The first-order valence-electron chi connectivity index (χ1n) is 12.3. The van der Waals surface area contributed by atoms with E-state index in [1.165, 1.54) is 12.1 Å². The van der Waals surface area contributed by atoms with Crippen molar-refractivity contribution >= 4 is 45.1 Å². The number of nitrogens with one attached hydrogen (secondary N) is 1. The standard InChI is InChI=1S/C25H25BrClFN6O3/c26-19-13-33(31-23(19)34(36)37)25-9-15-5-16(10-25)8-24(7-15,14-25)11-22(35)29-21-3-4-32(30-21)12-17-1-2-18(28)6-20(17)27/h1-4,6,13,15-16H,5,7-12,14H2,(H,29,30,35). The predicted octanol–water partition coefficient (Wildman–Crippen LogP) is 5.92. The molecule has 0 saturated heterocycles. The molecule has 0 radical (unpaired) electrons. The van der Waals surface area contributed by atoms with Crippen LogP contribution in [0.4, 0.5) is 16.0 Å². The van der Waals surface area contributed by atoms with Crippen molar-refractivity contribution in [1.82, 2.24) is 19.6 Å². The number of aromatic nitrogens is 4. The second-order valence-corrected chi connectivity index (χ2v) is 12.3. The maximum absolute atomic E-state index is 13.3. The van der Waals surface area contributed by atoms with E-state index < -0.39 is 10.7 Å². The van der Waals surface area contributed by atoms with Crippen LogP contribution in [-0.4, -0.2) is 30.4 Å². The van der Waals surface area contributed by atoms with Crippen molar-refractivity contribution in [2.45, 2.75) is 57.0 Å². The fourth-order valence-electron chi connectivity index (χ4n) is 7.46. The number of rotatable bonds is 7. The van der Waals surface area contributed by atoms with Crippen LogP contribution in [0.25, 0.3) is 0 Å². The lowest BCUT2D eigenvalue weighted by Gasteiger charge is -2.61. The number of hydrogen-bond donors (Lipinski definition) is 1. The Balaban J connectivity index is 1.16. The maximum Gasteiger partial charge on any atom is 0.404 e. The Morgan fingerprint density at radius 3 is 2.68 bits per heavy atom. The molecule has 4 aliphatic carbocycles. The topological polar surface area (TPSA) is 108 Å². The second kappa shape index (κ2) is 8.90. The molecular weight excluding hydrogens is 567 g/mol. The van der Waals surface area contributed by atoms with E-state index in [0.717, 1.165) is 44.1 Å². The third-order valence-corrected chi connectivity index (χ3v) is 9.16. The molecule has 0 spiro atoms. The van der Waals surface area contributed by atoms with Gasteiger partial charge >= 0.3 is 5.82 Å². The minimum atomic E-state index is -0.465. The van der Waals surface area contributed by atoms with Crippen LogP contribution in [0.1, 0.15) is 50.5 Å². The number of carbonyl (C=O) groups is 1. The van der Waals surface area contributed by atoms with Crippen LogP contribution in [0.2, 0.25) is 5.02 Å². The molecule has 2 aromatic heterocycles. The van der Waals surface area contributed by atoms with Crippen molar-refractivity contribution in [1.29, 1.82) is 0 Å². The highest BCUT2D eigenvalue weighted by atomic mass is 79.9. The summed E-state index contributed by atoms with van der Waals surface area (Å²) in [5.74, 6) is 0.766. The highest BCUT2D eigenvalue weighted by molar-refractivity contribution is 9.10. The zero-order chi connectivity index (χ0) is 25.9. The van der Waals surface area contributed by atoms with Gasteiger partial charge in [-0.3, -0.25) is 9.48 Å². The number of hydrogen-bond acceptors (Lipinski definition) is 5. The minimum absolute atomic E-state index is 0.0882. The Hall–Kier alpha value is -2.79. The lowest BCUT2D eigenvalue weighted by molar-refractivity contribution is -0.390. The molecule has 2 unspecified atom stereocenters. The van der Waals surface area contributed by atoms with Gasteiger partial charge in [0.2, 0.25) is 5.91 Å². The van der Waals surface area contributed by atoms with E-state index in [1.54, 1.807) is 29.2 Å². The largest absolute Gasteiger partial charge is 0.404 e. The summed E-state index contributed by atoms with van der Waals surface area (Å²) in [7, 11) is 0. The Bertz CT molecular complexity index is 1390. The summed E-state index contributed by atoms with van der Waals surface area (Å²) < 4.78 is 17.2. The van der Waals surface area contributed by atoms with Crippen LogP contribution in [0.5, 0.6) is 0 Å². The van der Waals surface area contributed by atoms with Gasteiger partial charge in [-0.15, -0.1) is 0 Å². The van der Waals surface area contributed by atoms with E-state index >= 15 is 0 Å². The number of amides is 1. The zero-order valence-corrected chi connectivity index (χ0v) is 22.2. The second-order valence-electron chi connectivity index (χ2n) is 11.0. The molecule has 12 heteroatoms. The fourth-order valence-corrected chi connectivity index (χ4v) is 8.10. The fraction of sp³-hybridized carbons (Fsp3) is 0.480. The van der Waals surface area contributed by atoms with Crippen molar-refractivity contribution in [2.24, 2.45) is 17.3 Å². The molecule has 4 fully saturated rings. The van der Waals surface area contributed by atoms with Crippen LogP contribution in [0.3, 0.4) is 0 Å². The van der Waals surface area contributed by atoms with Crippen LogP contribution >= 0.6 is 27.5 Å². The Morgan fingerprint density at radius 1 is 1.24 bits per heavy atom. The van der Waals surface area contributed by atoms with Gasteiger partial charge in [-0.2, -0.15) is 9.78 Å². The molecule has 194 valence electrons. The van der Waals surface area contributed by atoms with E-state index in [0.29, 0.717) is 40.1 Å². The number of halogens is 3. The monoisotopic (exact) mass is 590 g/mol. The van der Waals surface area contributed by atoms with E-state index in [4.69, 9.17) is 11.6 Å². The molecule has 37 heavy (non-hydrogen) atoms. The van der Waals surface area contributed by atoms with E-state index in [-0.39, 0.29) is 22.7 Å². The van der Waals surface area contributed by atoms with Crippen molar-refractivity contribution in [3.05, 3.63) is 67.6 Å². The molecule has 2 atom stereocenters. The molecule has 4 bridgehead atoms. The predicted molar refractivity (Wildman–Crippen MR) is 138 cm³/mol. The Kier molecular flexibility index (Phi) is 5.91. The molecule has 1 N–H and O–H groups in total. The van der Waals surface area contributed by atoms with Crippen LogP contribution in [0.15, 0.2) is 41.1 Å². The van der Waals surface area contributed by atoms with Gasteiger partial charge in [-0.1, -0.05) is 17.7 Å². The van der Waals surface area contributed by atoms with Gasteiger partial charge in [-0.25, -0.2) is 4.39 Å². The van der Waals surface area contributed by atoms with Crippen LogP contribution in [0, 0.1) is 33.2 Å². The summed E-state index contributed by atoms with van der Waals surface area (Å²) in [6, 6.07) is 5.97. The van der Waals surface area contributed by atoms with Gasteiger partial charge in [0, 0.05) is 23.7 Å². The van der Waals surface area contributed by atoms with Gasteiger partial charge in [0.15, 0.2) is 5.82 Å². The van der Waals surface area contributed by atoms with Gasteiger partial charge in [0.1, 0.15) is 10.3 Å². The summed E-state index contributed by atoms with van der Waals surface area (Å²) in [6.45, 7) is 0.358. The number of carbonyl (C=O) groups excluding carboxylic acids is 1. The normalized spacial score (nSPS) is 28.0. The highest BCUT2D eigenvalue weighted by Crippen LogP contribution is 2.65. The molecule has 1 amide bonds. The summed E-state index contributed by atoms with van der Waals surface area (Å²) in [5, 5.41) is 23.5. The average molecular weight is 592 g/mol. The third-order valence-electron chi connectivity index (χ3n) is 8.25. The first kappa shape index (κ1) is 24.5. The number of nitrogens with zero attached hydrogens (tertiary/aromatic N) is 5. The first-order valence-corrected chi connectivity index (χ1v) is 13.5. The Labute approximate surface area is 225 Å². The molecule has 4 aliphatic rings. The smallest absolute Gasteiger partial charge is 0.358 e. The Morgan fingerprint density at radius 2 is 2.00 bits per heavy atom. The number of benzene rings is 1. The van der Waals surface area contributed by atoms with Gasteiger partial charge in [0.05, 0.1) is 23.4 Å². The van der Waals surface area contributed by atoms with Gasteiger partial charge in [-0.05, 0) is 94.3 Å². The lowest BCUT2D eigenvalue weighted by atomic mass is 9.46. The van der Waals surface area contributed by atoms with Crippen molar-refractivity contribution in [2.75, 3.05) is 5.32 Å². The summed E-state index contributed by atoms with van der Waals surface area (Å²) in [5.41, 5.74) is 0.274. The van der Waals surface area contributed by atoms with E-state index in [9.17, 15) is 19.3 Å². The molecule has 1 aromatic carbocycles. The van der Waals surface area contributed by atoms with Crippen LogP contribution < -0.4 is 5.32 Å². The third kappa shape index (κ3) is 4.56. The lowest BCUT2D eigenvalue weighted by Crippen LogP contribution is -2.57. The van der Waals surface area contributed by atoms with E-state index in [1.807, 2.05) is 4.68 Å². The summed E-state index contributed by atoms with van der Waals surface area (Å²) in [4.78, 5) is 24.1. The number of nitro groups is 1. The minimum Gasteiger partial charge on any atom is -0.358 e. The molecular formula is C25H25BrClFN6O3. The zero-order valence-electron chi connectivity index (χ0n) is 19.9. The van der Waals surface area contributed by atoms with Crippen molar-refractivity contribution in [3.8, 4) is 0 Å². The highest BCUT2D eigenvalue weighted by Gasteiger charge is 2.60. The summed E-state index contributed by atoms with van der Waals surface area (Å²) in [6.07, 6.45) is 9.64. The average Bonchev–Trinajstić information content (AvgIpc) is 3.41. The SMILES string of the molecule is O=C(CC12CC3CC(C1)CC(n1cc(Br)c([N+](=O)[O-])n1)(C3)C2)Nc1ccn(Cc2ccc(F)cc2Cl)n1. The summed E-state index contributed by atoms with van der Waals surface area (Å²) >= 11 is 9.43. The van der Waals surface area contributed by atoms with Crippen LogP contribution in [-0.2, 0) is 16.9 Å². The molecule has 0 aliphatic heterocycles. The molecule has 4 saturated carbocycles. The number of anilines is 1. The molecule has 2 heterocycles. The molecule has 9 nitrogen and oxygen atoms in total. The molecule has 7 rings (SSSR count). The maximum atomic E-state index is 13.3. The van der Waals surface area contributed by atoms with Crippen molar-refractivity contribution in [3.63, 3.8) is 0 Å². The van der Waals surface area contributed by atoms with Gasteiger partial charge < -0.3 is 15.4 Å². The quantitative estimate of drug-likeness (QED) is 0.271.